The zero-order valence-electron chi connectivity index (χ0n) is 16.1. The number of carbonyl (C=O) groups is 1. The van der Waals surface area contributed by atoms with Gasteiger partial charge in [-0.15, -0.1) is 0 Å². The molecule has 0 aliphatic carbocycles. The van der Waals surface area contributed by atoms with Crippen LogP contribution in [-0.4, -0.2) is 19.1 Å². The van der Waals surface area contributed by atoms with Gasteiger partial charge in [0.15, 0.2) is 0 Å². The van der Waals surface area contributed by atoms with E-state index in [1.54, 1.807) is 12.1 Å². The van der Waals surface area contributed by atoms with Gasteiger partial charge in [-0.05, 0) is 43.7 Å². The number of benzene rings is 2. The molecule has 5 heteroatoms. The fourth-order valence-corrected chi connectivity index (χ4v) is 3.08. The van der Waals surface area contributed by atoms with Crippen LogP contribution < -0.4 is 14.8 Å². The van der Waals surface area contributed by atoms with E-state index in [-0.39, 0.29) is 5.91 Å². The first-order chi connectivity index (χ1) is 13.1. The summed E-state index contributed by atoms with van der Waals surface area (Å²) in [5.41, 5.74) is 1.19. The number of hydrogen-bond acceptors (Lipinski definition) is 3. The molecular formula is C22H28BrNO3. The molecule has 0 bridgehead atoms. The Balaban J connectivity index is 1.95. The van der Waals surface area contributed by atoms with Crippen molar-refractivity contribution in [2.75, 3.05) is 18.5 Å². The van der Waals surface area contributed by atoms with Crippen molar-refractivity contribution in [3.63, 3.8) is 0 Å². The van der Waals surface area contributed by atoms with Crippen LogP contribution in [0.1, 0.15) is 56.3 Å². The van der Waals surface area contributed by atoms with Gasteiger partial charge >= 0.3 is 0 Å². The van der Waals surface area contributed by atoms with Crippen LogP contribution in [0.3, 0.4) is 0 Å². The summed E-state index contributed by atoms with van der Waals surface area (Å²) in [4.78, 5) is 12.7. The Kier molecular flexibility index (Phi) is 9.19. The van der Waals surface area contributed by atoms with Crippen LogP contribution in [0, 0.1) is 0 Å². The number of anilines is 1. The Labute approximate surface area is 170 Å². The summed E-state index contributed by atoms with van der Waals surface area (Å²) in [7, 11) is 0. The summed E-state index contributed by atoms with van der Waals surface area (Å²) in [6.07, 6.45) is 6.01. The Morgan fingerprint density at radius 2 is 1.81 bits per heavy atom. The van der Waals surface area contributed by atoms with Gasteiger partial charge < -0.3 is 14.8 Å². The summed E-state index contributed by atoms with van der Waals surface area (Å²) in [5, 5.41) is 2.92. The van der Waals surface area contributed by atoms with Gasteiger partial charge in [0.25, 0.3) is 5.91 Å². The highest BCUT2D eigenvalue weighted by Crippen LogP contribution is 2.25. The van der Waals surface area contributed by atoms with E-state index >= 15 is 0 Å². The van der Waals surface area contributed by atoms with E-state index in [9.17, 15) is 4.79 Å². The second-order valence-corrected chi connectivity index (χ2v) is 7.23. The van der Waals surface area contributed by atoms with Gasteiger partial charge in [-0.25, -0.2) is 0 Å². The first kappa shape index (κ1) is 21.3. The highest BCUT2D eigenvalue weighted by atomic mass is 79.9. The lowest BCUT2D eigenvalue weighted by Crippen LogP contribution is -2.14. The fraction of sp³-hybridized carbons (Fsp3) is 0.409. The number of amides is 1. The average molecular weight is 434 g/mol. The molecule has 0 unspecified atom stereocenters. The highest BCUT2D eigenvalue weighted by molar-refractivity contribution is 9.10. The smallest absolute Gasteiger partial charge is 0.259 e. The van der Waals surface area contributed by atoms with Gasteiger partial charge in [-0.3, -0.25) is 4.79 Å². The third-order valence-electron chi connectivity index (χ3n) is 4.09. The number of nitrogens with one attached hydrogen (secondary N) is 1. The van der Waals surface area contributed by atoms with Crippen molar-refractivity contribution >= 4 is 27.5 Å². The van der Waals surface area contributed by atoms with Crippen LogP contribution in [0.25, 0.3) is 0 Å². The third-order valence-corrected chi connectivity index (χ3v) is 4.59. The number of carbonyl (C=O) groups excluding carboxylic acids is 1. The number of halogens is 1. The molecule has 0 aromatic heterocycles. The Hall–Kier alpha value is -2.01. The Bertz CT molecular complexity index is 733. The zero-order chi connectivity index (χ0) is 19.5. The number of ether oxygens (including phenoxy) is 2. The van der Waals surface area contributed by atoms with Crippen LogP contribution in [0.5, 0.6) is 11.5 Å². The van der Waals surface area contributed by atoms with E-state index in [1.807, 2.05) is 37.3 Å². The molecule has 0 saturated carbocycles. The number of unbranched alkanes of at least 4 members (excludes halogenated alkanes) is 4. The Morgan fingerprint density at radius 1 is 1.00 bits per heavy atom. The van der Waals surface area contributed by atoms with E-state index in [0.29, 0.717) is 30.2 Å². The third kappa shape index (κ3) is 7.25. The minimum Gasteiger partial charge on any atom is -0.494 e. The lowest BCUT2D eigenvalue weighted by Gasteiger charge is -2.12. The van der Waals surface area contributed by atoms with Crippen molar-refractivity contribution in [1.29, 1.82) is 0 Å². The largest absolute Gasteiger partial charge is 0.494 e. The van der Waals surface area contributed by atoms with Crippen LogP contribution in [-0.2, 0) is 0 Å². The van der Waals surface area contributed by atoms with Crippen molar-refractivity contribution < 1.29 is 14.3 Å². The molecule has 2 aromatic carbocycles. The van der Waals surface area contributed by atoms with E-state index in [0.717, 1.165) is 16.6 Å². The van der Waals surface area contributed by atoms with Crippen LogP contribution in [0.4, 0.5) is 5.69 Å². The normalized spacial score (nSPS) is 10.5. The lowest BCUT2D eigenvalue weighted by molar-refractivity contribution is 0.102. The van der Waals surface area contributed by atoms with Gasteiger partial charge in [0, 0.05) is 16.2 Å². The summed E-state index contributed by atoms with van der Waals surface area (Å²) in [5.74, 6) is 1.12. The standard InChI is InChI=1S/C22H28BrNO3/c1-3-5-6-7-8-14-27-19-11-9-10-18(16-19)24-22(25)20-15-17(23)12-13-21(20)26-4-2/h9-13,15-16H,3-8,14H2,1-2H3,(H,24,25). The van der Waals surface area contributed by atoms with Crippen molar-refractivity contribution in [3.8, 4) is 11.5 Å². The molecular weight excluding hydrogens is 406 g/mol. The van der Waals surface area contributed by atoms with E-state index in [4.69, 9.17) is 9.47 Å². The summed E-state index contributed by atoms with van der Waals surface area (Å²) < 4.78 is 12.2. The molecule has 146 valence electrons. The van der Waals surface area contributed by atoms with E-state index in [1.165, 1.54) is 25.7 Å². The van der Waals surface area contributed by atoms with Crippen molar-refractivity contribution in [2.45, 2.75) is 46.0 Å². The van der Waals surface area contributed by atoms with Gasteiger partial charge in [-0.1, -0.05) is 54.6 Å². The molecule has 0 atom stereocenters. The number of rotatable bonds is 11. The molecule has 0 saturated heterocycles. The first-order valence-electron chi connectivity index (χ1n) is 9.60. The molecule has 0 aliphatic heterocycles. The molecule has 0 radical (unpaired) electrons. The van der Waals surface area contributed by atoms with Crippen LogP contribution in [0.15, 0.2) is 46.9 Å². The molecule has 0 spiro atoms. The predicted octanol–water partition coefficient (Wildman–Crippen LogP) is 6.45. The van der Waals surface area contributed by atoms with E-state index < -0.39 is 0 Å². The molecule has 1 N–H and O–H groups in total. The summed E-state index contributed by atoms with van der Waals surface area (Å²) in [6, 6.07) is 12.9. The SMILES string of the molecule is CCCCCCCOc1cccc(NC(=O)c2cc(Br)ccc2OCC)c1. The highest BCUT2D eigenvalue weighted by Gasteiger charge is 2.14. The minimum absolute atomic E-state index is 0.212. The molecule has 4 nitrogen and oxygen atoms in total. The van der Waals surface area contributed by atoms with E-state index in [2.05, 4.69) is 28.2 Å². The fourth-order valence-electron chi connectivity index (χ4n) is 2.72. The molecule has 1 amide bonds. The predicted molar refractivity (Wildman–Crippen MR) is 114 cm³/mol. The second-order valence-electron chi connectivity index (χ2n) is 6.32. The maximum Gasteiger partial charge on any atom is 0.259 e. The van der Waals surface area contributed by atoms with Crippen molar-refractivity contribution in [1.82, 2.24) is 0 Å². The van der Waals surface area contributed by atoms with Crippen molar-refractivity contribution in [2.24, 2.45) is 0 Å². The average Bonchev–Trinajstić information content (AvgIpc) is 2.66. The van der Waals surface area contributed by atoms with Gasteiger partial charge in [0.1, 0.15) is 11.5 Å². The zero-order valence-corrected chi connectivity index (χ0v) is 17.7. The Morgan fingerprint density at radius 3 is 2.59 bits per heavy atom. The molecule has 0 fully saturated rings. The maximum absolute atomic E-state index is 12.7. The van der Waals surface area contributed by atoms with Gasteiger partial charge in [-0.2, -0.15) is 0 Å². The summed E-state index contributed by atoms with van der Waals surface area (Å²) >= 11 is 3.41. The second kappa shape index (κ2) is 11.7. The maximum atomic E-state index is 12.7. The molecule has 0 heterocycles. The van der Waals surface area contributed by atoms with Gasteiger partial charge in [0.05, 0.1) is 18.8 Å². The molecule has 2 aromatic rings. The molecule has 0 aliphatic rings. The van der Waals surface area contributed by atoms with Crippen molar-refractivity contribution in [3.05, 3.63) is 52.5 Å². The minimum atomic E-state index is -0.212. The quantitative estimate of drug-likeness (QED) is 0.414. The number of hydrogen-bond donors (Lipinski definition) is 1. The molecule has 2 rings (SSSR count). The van der Waals surface area contributed by atoms with Gasteiger partial charge in [0.2, 0.25) is 0 Å². The topological polar surface area (TPSA) is 47.6 Å². The lowest BCUT2D eigenvalue weighted by atomic mass is 10.1. The molecule has 27 heavy (non-hydrogen) atoms. The first-order valence-corrected chi connectivity index (χ1v) is 10.4. The summed E-state index contributed by atoms with van der Waals surface area (Å²) in [6.45, 7) is 5.30. The van der Waals surface area contributed by atoms with Crippen LogP contribution in [0.2, 0.25) is 0 Å². The monoisotopic (exact) mass is 433 g/mol. The van der Waals surface area contributed by atoms with Crippen LogP contribution >= 0.6 is 15.9 Å².